The van der Waals surface area contributed by atoms with E-state index in [1.165, 1.54) is 12.1 Å². The van der Waals surface area contributed by atoms with Crippen LogP contribution in [0.15, 0.2) is 12.1 Å². The van der Waals surface area contributed by atoms with Gasteiger partial charge in [-0.2, -0.15) is 0 Å². The maximum atomic E-state index is 11.8. The average molecular weight is 272 g/mol. The Morgan fingerprint density at radius 1 is 1.39 bits per heavy atom. The van der Waals surface area contributed by atoms with Crippen LogP contribution >= 0.6 is 11.6 Å². The summed E-state index contributed by atoms with van der Waals surface area (Å²) in [6.45, 7) is 1.95. The first kappa shape index (κ1) is 14.3. The summed E-state index contributed by atoms with van der Waals surface area (Å²) in [7, 11) is 0. The number of hydrogen-bond donors (Lipinski definition) is 2. The summed E-state index contributed by atoms with van der Waals surface area (Å²) in [4.78, 5) is 22.9. The lowest BCUT2D eigenvalue weighted by Crippen LogP contribution is -2.08. The molecule has 1 aromatic rings. The zero-order valence-electron chi connectivity index (χ0n) is 9.90. The number of benzene rings is 1. The standard InChI is InChI=1S/C12H14ClNO4/c1-2-18-11(16)4-3-10(15)8-5-7(13)6-9(14)12(8)17/h5-6,17H,2-4,14H2,1H3. The number of ketones is 1. The number of hydrogen-bond acceptors (Lipinski definition) is 5. The maximum absolute atomic E-state index is 11.8. The Bertz CT molecular complexity index is 473. The molecule has 0 heterocycles. The summed E-state index contributed by atoms with van der Waals surface area (Å²) < 4.78 is 4.70. The van der Waals surface area contributed by atoms with Gasteiger partial charge in [-0.05, 0) is 19.1 Å². The summed E-state index contributed by atoms with van der Waals surface area (Å²) in [5.74, 6) is -1.18. The first-order valence-electron chi connectivity index (χ1n) is 5.42. The molecule has 0 amide bonds. The van der Waals surface area contributed by atoms with Gasteiger partial charge < -0.3 is 15.6 Å². The molecule has 18 heavy (non-hydrogen) atoms. The summed E-state index contributed by atoms with van der Waals surface area (Å²) in [6.07, 6.45) is -0.106. The number of anilines is 1. The average Bonchev–Trinajstić information content (AvgIpc) is 2.31. The molecule has 3 N–H and O–H groups in total. The Balaban J connectivity index is 2.76. The van der Waals surface area contributed by atoms with E-state index in [2.05, 4.69) is 0 Å². The summed E-state index contributed by atoms with van der Waals surface area (Å²) >= 11 is 5.74. The molecule has 0 aromatic heterocycles. The molecular formula is C12H14ClNO4. The van der Waals surface area contributed by atoms with Crippen LogP contribution < -0.4 is 5.73 Å². The molecule has 1 aromatic carbocycles. The van der Waals surface area contributed by atoms with Gasteiger partial charge in [-0.1, -0.05) is 11.6 Å². The third-order valence-corrected chi connectivity index (χ3v) is 2.48. The first-order valence-corrected chi connectivity index (χ1v) is 5.80. The molecule has 0 spiro atoms. The highest BCUT2D eigenvalue weighted by Gasteiger charge is 2.16. The third kappa shape index (κ3) is 3.63. The van der Waals surface area contributed by atoms with Crippen molar-refractivity contribution in [1.29, 1.82) is 0 Å². The van der Waals surface area contributed by atoms with Crippen LogP contribution in [0.1, 0.15) is 30.1 Å². The smallest absolute Gasteiger partial charge is 0.306 e. The minimum atomic E-state index is -0.458. The molecule has 6 heteroatoms. The molecule has 0 unspecified atom stereocenters. The highest BCUT2D eigenvalue weighted by molar-refractivity contribution is 6.31. The summed E-state index contributed by atoms with van der Waals surface area (Å²) in [5.41, 5.74) is 5.53. The van der Waals surface area contributed by atoms with Crippen LogP contribution in [0.2, 0.25) is 5.02 Å². The van der Waals surface area contributed by atoms with Gasteiger partial charge in [0.2, 0.25) is 0 Å². The van der Waals surface area contributed by atoms with E-state index in [1.807, 2.05) is 0 Å². The number of aromatic hydroxyl groups is 1. The number of Topliss-reactive ketones (excluding diaryl/α,β-unsaturated/α-hetero) is 1. The number of ether oxygens (including phenoxy) is 1. The lowest BCUT2D eigenvalue weighted by atomic mass is 10.0. The van der Waals surface area contributed by atoms with Crippen LogP contribution in [0.3, 0.4) is 0 Å². The lowest BCUT2D eigenvalue weighted by Gasteiger charge is -2.07. The second-order valence-electron chi connectivity index (χ2n) is 3.62. The molecule has 0 saturated carbocycles. The largest absolute Gasteiger partial charge is 0.505 e. The van der Waals surface area contributed by atoms with Gasteiger partial charge in [0.15, 0.2) is 5.78 Å². The van der Waals surface area contributed by atoms with Gasteiger partial charge in [-0.15, -0.1) is 0 Å². The first-order chi connectivity index (χ1) is 8.45. The van der Waals surface area contributed by atoms with E-state index < -0.39 is 11.8 Å². The van der Waals surface area contributed by atoms with Crippen molar-refractivity contribution in [3.63, 3.8) is 0 Å². The van der Waals surface area contributed by atoms with Crippen molar-refractivity contribution in [3.8, 4) is 5.75 Å². The van der Waals surface area contributed by atoms with Gasteiger partial charge in [-0.3, -0.25) is 9.59 Å². The van der Waals surface area contributed by atoms with E-state index in [1.54, 1.807) is 6.92 Å². The van der Waals surface area contributed by atoms with Crippen molar-refractivity contribution < 1.29 is 19.4 Å². The predicted molar refractivity (Wildman–Crippen MR) is 67.7 cm³/mol. The second kappa shape index (κ2) is 6.26. The Labute approximate surface area is 109 Å². The zero-order valence-corrected chi connectivity index (χ0v) is 10.7. The molecule has 0 atom stereocenters. The summed E-state index contributed by atoms with van der Waals surface area (Å²) in [5, 5.41) is 9.89. The number of halogens is 1. The van der Waals surface area contributed by atoms with Gasteiger partial charge in [0.05, 0.1) is 24.3 Å². The van der Waals surface area contributed by atoms with E-state index in [-0.39, 0.29) is 41.5 Å². The molecule has 5 nitrogen and oxygen atoms in total. The van der Waals surface area contributed by atoms with Crippen molar-refractivity contribution in [1.82, 2.24) is 0 Å². The van der Waals surface area contributed by atoms with Gasteiger partial charge in [0.1, 0.15) is 5.75 Å². The minimum Gasteiger partial charge on any atom is -0.505 e. The Morgan fingerprint density at radius 3 is 2.67 bits per heavy atom. The van der Waals surface area contributed by atoms with Gasteiger partial charge in [0, 0.05) is 11.4 Å². The van der Waals surface area contributed by atoms with Crippen LogP contribution in [0.4, 0.5) is 5.69 Å². The van der Waals surface area contributed by atoms with Gasteiger partial charge in [0.25, 0.3) is 0 Å². The van der Waals surface area contributed by atoms with Crippen molar-refractivity contribution >= 4 is 29.0 Å². The van der Waals surface area contributed by atoms with Crippen molar-refractivity contribution in [2.75, 3.05) is 12.3 Å². The Kier molecular flexibility index (Phi) is 4.97. The summed E-state index contributed by atoms with van der Waals surface area (Å²) in [6, 6.07) is 2.67. The minimum absolute atomic E-state index is 0.0179. The van der Waals surface area contributed by atoms with Crippen LogP contribution in [0.25, 0.3) is 0 Å². The Hall–Kier alpha value is -1.75. The fourth-order valence-corrected chi connectivity index (χ4v) is 1.64. The molecule has 0 bridgehead atoms. The van der Waals surface area contributed by atoms with E-state index >= 15 is 0 Å². The number of nitrogens with two attached hydrogens (primary N) is 1. The lowest BCUT2D eigenvalue weighted by molar-refractivity contribution is -0.143. The highest BCUT2D eigenvalue weighted by Crippen LogP contribution is 2.30. The zero-order chi connectivity index (χ0) is 13.7. The number of phenols is 1. The molecular weight excluding hydrogens is 258 g/mol. The van der Waals surface area contributed by atoms with Crippen molar-refractivity contribution in [3.05, 3.63) is 22.7 Å². The molecule has 98 valence electrons. The number of rotatable bonds is 5. The second-order valence-corrected chi connectivity index (χ2v) is 4.06. The molecule has 0 radical (unpaired) electrons. The SMILES string of the molecule is CCOC(=O)CCC(=O)c1cc(Cl)cc(N)c1O. The molecule has 0 saturated heterocycles. The third-order valence-electron chi connectivity index (χ3n) is 2.27. The molecule has 1 rings (SSSR count). The normalized spacial score (nSPS) is 10.1. The van der Waals surface area contributed by atoms with Gasteiger partial charge >= 0.3 is 5.97 Å². The van der Waals surface area contributed by atoms with Crippen LogP contribution in [0, 0.1) is 0 Å². The van der Waals surface area contributed by atoms with Crippen LogP contribution in [-0.4, -0.2) is 23.5 Å². The highest BCUT2D eigenvalue weighted by atomic mass is 35.5. The number of esters is 1. The number of phenolic OH excluding ortho intramolecular Hbond substituents is 1. The molecule has 0 aliphatic rings. The van der Waals surface area contributed by atoms with E-state index in [0.29, 0.717) is 0 Å². The van der Waals surface area contributed by atoms with E-state index in [4.69, 9.17) is 22.1 Å². The van der Waals surface area contributed by atoms with Crippen molar-refractivity contribution in [2.45, 2.75) is 19.8 Å². The van der Waals surface area contributed by atoms with Crippen LogP contribution in [0.5, 0.6) is 5.75 Å². The Morgan fingerprint density at radius 2 is 2.06 bits per heavy atom. The van der Waals surface area contributed by atoms with Gasteiger partial charge in [-0.25, -0.2) is 0 Å². The number of carbonyl (C=O) groups excluding carboxylic acids is 2. The quantitative estimate of drug-likeness (QED) is 0.371. The molecule has 0 aliphatic carbocycles. The molecule has 0 fully saturated rings. The van der Waals surface area contributed by atoms with E-state index in [0.717, 1.165) is 0 Å². The monoisotopic (exact) mass is 271 g/mol. The maximum Gasteiger partial charge on any atom is 0.306 e. The predicted octanol–water partition coefficient (Wildman–Crippen LogP) is 2.15. The fraction of sp³-hybridized carbons (Fsp3) is 0.333. The van der Waals surface area contributed by atoms with Crippen LogP contribution in [-0.2, 0) is 9.53 Å². The fourth-order valence-electron chi connectivity index (χ4n) is 1.42. The van der Waals surface area contributed by atoms with Crippen molar-refractivity contribution in [2.24, 2.45) is 0 Å². The number of carbonyl (C=O) groups is 2. The topological polar surface area (TPSA) is 89.6 Å². The number of nitrogen functional groups attached to an aromatic ring is 1. The molecule has 0 aliphatic heterocycles. The van der Waals surface area contributed by atoms with E-state index in [9.17, 15) is 14.7 Å².